The number of pyridine rings is 2. The van der Waals surface area contributed by atoms with Gasteiger partial charge >= 0.3 is 0 Å². The molecule has 0 amide bonds. The third-order valence-corrected chi connectivity index (χ3v) is 5.98. The number of hydrogen-bond donors (Lipinski definition) is 0. The van der Waals surface area contributed by atoms with Crippen LogP contribution in [-0.4, -0.2) is 33.2 Å². The molecule has 7 nitrogen and oxygen atoms in total. The van der Waals surface area contributed by atoms with Gasteiger partial charge in [-0.1, -0.05) is 0 Å². The van der Waals surface area contributed by atoms with E-state index in [1.807, 2.05) is 35.8 Å². The van der Waals surface area contributed by atoms with E-state index in [1.54, 1.807) is 19.5 Å². The van der Waals surface area contributed by atoms with Crippen LogP contribution in [0.15, 0.2) is 41.5 Å². The Morgan fingerprint density at radius 2 is 2.03 bits per heavy atom. The monoisotopic (exact) mass is 404 g/mol. The standard InChI is InChI=1S/C23H24N4O3/c1-14-24-12-20(18-7-5-16-4-3-9-27(16)23(18)28)22(26-14)30-13-15-10-19(15)21-8-6-17(29-2)11-25-21/h5-8,11-12,15,19H,3-4,9-10,13H2,1-2H3/t15-,19?/m1/s1. The molecular formula is C23H24N4O3. The molecule has 1 aliphatic carbocycles. The van der Waals surface area contributed by atoms with Gasteiger partial charge in [-0.3, -0.25) is 9.78 Å². The molecule has 5 rings (SSSR count). The van der Waals surface area contributed by atoms with Gasteiger partial charge in [-0.05, 0) is 50.5 Å². The first-order chi connectivity index (χ1) is 14.6. The van der Waals surface area contributed by atoms with E-state index in [-0.39, 0.29) is 5.56 Å². The molecule has 2 atom stereocenters. The predicted molar refractivity (Wildman–Crippen MR) is 112 cm³/mol. The molecule has 0 bridgehead atoms. The van der Waals surface area contributed by atoms with Crippen LogP contribution in [0.2, 0.25) is 0 Å². The molecule has 4 heterocycles. The van der Waals surface area contributed by atoms with Crippen molar-refractivity contribution in [3.63, 3.8) is 0 Å². The summed E-state index contributed by atoms with van der Waals surface area (Å²) < 4.78 is 13.1. The van der Waals surface area contributed by atoms with Gasteiger partial charge in [0.15, 0.2) is 0 Å². The summed E-state index contributed by atoms with van der Waals surface area (Å²) in [6.07, 6.45) is 6.44. The number of aryl methyl sites for hydroxylation is 2. The van der Waals surface area contributed by atoms with Crippen molar-refractivity contribution in [3.05, 3.63) is 64.2 Å². The minimum Gasteiger partial charge on any atom is -0.495 e. The summed E-state index contributed by atoms with van der Waals surface area (Å²) in [4.78, 5) is 26.3. The van der Waals surface area contributed by atoms with Gasteiger partial charge in [0, 0.05) is 36.0 Å². The summed E-state index contributed by atoms with van der Waals surface area (Å²) in [5.74, 6) is 2.63. The Kier molecular flexibility index (Phi) is 4.73. The van der Waals surface area contributed by atoms with Crippen LogP contribution in [0.4, 0.5) is 0 Å². The van der Waals surface area contributed by atoms with Gasteiger partial charge in [-0.2, -0.15) is 4.98 Å². The second-order valence-electron chi connectivity index (χ2n) is 7.97. The van der Waals surface area contributed by atoms with Gasteiger partial charge in [0.05, 0.1) is 31.0 Å². The number of nitrogens with zero attached hydrogens (tertiary/aromatic N) is 4. The second-order valence-corrected chi connectivity index (χ2v) is 7.97. The van der Waals surface area contributed by atoms with Crippen LogP contribution in [0.25, 0.3) is 11.1 Å². The molecule has 0 radical (unpaired) electrons. The van der Waals surface area contributed by atoms with E-state index >= 15 is 0 Å². The Labute approximate surface area is 174 Å². The van der Waals surface area contributed by atoms with Crippen LogP contribution >= 0.6 is 0 Å². The SMILES string of the molecule is COc1ccc(C2C[C@@H]2COc2nc(C)ncc2-c2ccc3n(c2=O)CCC3)nc1. The Bertz CT molecular complexity index is 1140. The minimum absolute atomic E-state index is 0.00837. The highest BCUT2D eigenvalue weighted by molar-refractivity contribution is 5.67. The van der Waals surface area contributed by atoms with Crippen molar-refractivity contribution in [1.29, 1.82) is 0 Å². The largest absolute Gasteiger partial charge is 0.495 e. The van der Waals surface area contributed by atoms with Crippen LogP contribution in [0.1, 0.15) is 36.0 Å². The van der Waals surface area contributed by atoms with Gasteiger partial charge < -0.3 is 14.0 Å². The minimum atomic E-state index is 0.00837. The topological polar surface area (TPSA) is 79.1 Å². The molecule has 2 aliphatic rings. The number of ether oxygens (including phenoxy) is 2. The molecule has 0 spiro atoms. The van der Waals surface area contributed by atoms with Crippen molar-refractivity contribution in [2.45, 2.75) is 38.6 Å². The normalized spacial score (nSPS) is 19.4. The Hall–Kier alpha value is -3.22. The van der Waals surface area contributed by atoms with Crippen LogP contribution in [0, 0.1) is 12.8 Å². The quantitative estimate of drug-likeness (QED) is 0.628. The fourth-order valence-corrected chi connectivity index (χ4v) is 4.16. The van der Waals surface area contributed by atoms with E-state index in [0.717, 1.165) is 42.9 Å². The molecule has 154 valence electrons. The Morgan fingerprint density at radius 3 is 2.83 bits per heavy atom. The average Bonchev–Trinajstić information content (AvgIpc) is 3.38. The van der Waals surface area contributed by atoms with E-state index in [4.69, 9.17) is 9.47 Å². The fraction of sp³-hybridized carbons (Fsp3) is 0.391. The Balaban J connectivity index is 1.35. The van der Waals surface area contributed by atoms with Gasteiger partial charge in [0.25, 0.3) is 5.56 Å². The maximum Gasteiger partial charge on any atom is 0.258 e. The average molecular weight is 404 g/mol. The zero-order valence-electron chi connectivity index (χ0n) is 17.2. The lowest BCUT2D eigenvalue weighted by Gasteiger charge is -2.12. The summed E-state index contributed by atoms with van der Waals surface area (Å²) in [5, 5.41) is 0. The summed E-state index contributed by atoms with van der Waals surface area (Å²) >= 11 is 0. The zero-order chi connectivity index (χ0) is 20.7. The van der Waals surface area contributed by atoms with E-state index in [2.05, 4.69) is 15.0 Å². The molecule has 0 saturated heterocycles. The molecule has 1 saturated carbocycles. The molecule has 0 aromatic carbocycles. The van der Waals surface area contributed by atoms with Gasteiger partial charge in [0.1, 0.15) is 11.6 Å². The maximum absolute atomic E-state index is 13.0. The summed E-state index contributed by atoms with van der Waals surface area (Å²) in [6, 6.07) is 7.85. The molecule has 3 aromatic rings. The summed E-state index contributed by atoms with van der Waals surface area (Å²) in [5.41, 5.74) is 3.41. The first kappa shape index (κ1) is 18.8. The van der Waals surface area contributed by atoms with Crippen LogP contribution in [0.3, 0.4) is 0 Å². The highest BCUT2D eigenvalue weighted by atomic mass is 16.5. The number of methoxy groups -OCH3 is 1. The van der Waals surface area contributed by atoms with Gasteiger partial charge in [-0.15, -0.1) is 0 Å². The molecule has 1 unspecified atom stereocenters. The number of hydrogen-bond acceptors (Lipinski definition) is 6. The maximum atomic E-state index is 13.0. The van der Waals surface area contributed by atoms with Gasteiger partial charge in [0.2, 0.25) is 5.88 Å². The number of fused-ring (bicyclic) bond motifs is 1. The van der Waals surface area contributed by atoms with Crippen molar-refractivity contribution in [2.75, 3.05) is 13.7 Å². The Morgan fingerprint density at radius 1 is 1.13 bits per heavy atom. The first-order valence-corrected chi connectivity index (χ1v) is 10.3. The van der Waals surface area contributed by atoms with Crippen molar-refractivity contribution in [1.82, 2.24) is 19.5 Å². The predicted octanol–water partition coefficient (Wildman–Crippen LogP) is 3.15. The lowest BCUT2D eigenvalue weighted by atomic mass is 10.1. The molecular weight excluding hydrogens is 380 g/mol. The highest BCUT2D eigenvalue weighted by Gasteiger charge is 2.40. The van der Waals surface area contributed by atoms with Crippen molar-refractivity contribution >= 4 is 0 Å². The third-order valence-electron chi connectivity index (χ3n) is 5.98. The van der Waals surface area contributed by atoms with Crippen molar-refractivity contribution in [3.8, 4) is 22.8 Å². The fourth-order valence-electron chi connectivity index (χ4n) is 4.16. The van der Waals surface area contributed by atoms with E-state index in [0.29, 0.717) is 41.3 Å². The van der Waals surface area contributed by atoms with Gasteiger partial charge in [-0.25, -0.2) is 4.98 Å². The smallest absolute Gasteiger partial charge is 0.258 e. The third kappa shape index (κ3) is 3.44. The lowest BCUT2D eigenvalue weighted by Crippen LogP contribution is -2.21. The first-order valence-electron chi connectivity index (χ1n) is 10.3. The molecule has 1 fully saturated rings. The molecule has 1 aliphatic heterocycles. The molecule has 30 heavy (non-hydrogen) atoms. The van der Waals surface area contributed by atoms with Crippen molar-refractivity contribution in [2.24, 2.45) is 5.92 Å². The number of rotatable bonds is 6. The van der Waals surface area contributed by atoms with E-state index < -0.39 is 0 Å². The zero-order valence-corrected chi connectivity index (χ0v) is 17.2. The molecule has 0 N–H and O–H groups in total. The molecule has 7 heteroatoms. The van der Waals surface area contributed by atoms with Crippen LogP contribution in [0.5, 0.6) is 11.6 Å². The highest BCUT2D eigenvalue weighted by Crippen LogP contribution is 2.47. The van der Waals surface area contributed by atoms with E-state index in [9.17, 15) is 4.79 Å². The summed E-state index contributed by atoms with van der Waals surface area (Å²) in [6.45, 7) is 3.13. The van der Waals surface area contributed by atoms with Crippen molar-refractivity contribution < 1.29 is 9.47 Å². The van der Waals surface area contributed by atoms with Crippen LogP contribution in [-0.2, 0) is 13.0 Å². The number of aromatic nitrogens is 4. The van der Waals surface area contributed by atoms with E-state index in [1.165, 1.54) is 0 Å². The summed E-state index contributed by atoms with van der Waals surface area (Å²) in [7, 11) is 1.64. The second kappa shape index (κ2) is 7.55. The lowest BCUT2D eigenvalue weighted by molar-refractivity contribution is 0.285. The molecule has 3 aromatic heterocycles. The van der Waals surface area contributed by atoms with Crippen LogP contribution < -0.4 is 15.0 Å².